The van der Waals surface area contributed by atoms with Gasteiger partial charge in [0.25, 0.3) is 0 Å². The number of aryl methyl sites for hydroxylation is 2. The molecule has 27 heavy (non-hydrogen) atoms. The molecule has 2 N–H and O–H groups in total. The van der Waals surface area contributed by atoms with E-state index in [1.165, 1.54) is 0 Å². The van der Waals surface area contributed by atoms with Crippen LogP contribution >= 0.6 is 0 Å². The second kappa shape index (κ2) is 9.62. The van der Waals surface area contributed by atoms with Crippen LogP contribution in [0.25, 0.3) is 0 Å². The Balaban J connectivity index is 1.78. The van der Waals surface area contributed by atoms with Crippen molar-refractivity contribution in [3.05, 3.63) is 64.2 Å². The maximum atomic E-state index is 11.9. The Hall–Kier alpha value is -3.02. The first-order valence-corrected chi connectivity index (χ1v) is 8.89. The number of esters is 1. The highest BCUT2D eigenvalue weighted by Gasteiger charge is 2.08. The minimum absolute atomic E-state index is 0.0821. The molecule has 0 fully saturated rings. The van der Waals surface area contributed by atoms with Gasteiger partial charge in [0.1, 0.15) is 5.75 Å². The highest BCUT2D eigenvalue weighted by molar-refractivity contribution is 5.89. The van der Waals surface area contributed by atoms with Crippen LogP contribution in [0.3, 0.4) is 0 Å². The van der Waals surface area contributed by atoms with Crippen molar-refractivity contribution in [2.75, 3.05) is 13.3 Å². The molecule has 6 heteroatoms. The lowest BCUT2D eigenvalue weighted by Crippen LogP contribution is -2.37. The van der Waals surface area contributed by atoms with E-state index in [2.05, 4.69) is 10.6 Å². The Morgan fingerprint density at radius 3 is 2.26 bits per heavy atom. The van der Waals surface area contributed by atoms with E-state index < -0.39 is 0 Å². The van der Waals surface area contributed by atoms with Crippen molar-refractivity contribution < 1.29 is 19.1 Å². The topological polar surface area (TPSA) is 76.7 Å². The van der Waals surface area contributed by atoms with Crippen molar-refractivity contribution in [3.8, 4) is 5.75 Å². The zero-order valence-electron chi connectivity index (χ0n) is 16.2. The molecule has 0 radical (unpaired) electrons. The molecule has 0 bridgehead atoms. The van der Waals surface area contributed by atoms with Crippen molar-refractivity contribution >= 4 is 12.0 Å². The number of benzene rings is 2. The zero-order chi connectivity index (χ0) is 19.8. The second-order valence-corrected chi connectivity index (χ2v) is 6.22. The molecule has 0 saturated heterocycles. The van der Waals surface area contributed by atoms with E-state index in [0.717, 1.165) is 28.0 Å². The van der Waals surface area contributed by atoms with Crippen molar-refractivity contribution in [2.45, 2.75) is 34.2 Å². The number of urea groups is 1. The molecule has 0 atom stereocenters. The van der Waals surface area contributed by atoms with Crippen LogP contribution in [0.1, 0.15) is 39.5 Å². The Bertz CT molecular complexity index is 801. The van der Waals surface area contributed by atoms with Crippen LogP contribution in [0.2, 0.25) is 0 Å². The van der Waals surface area contributed by atoms with Crippen LogP contribution in [0.4, 0.5) is 4.79 Å². The Labute approximate surface area is 159 Å². The summed E-state index contributed by atoms with van der Waals surface area (Å²) in [6.07, 6.45) is 0. The Kier molecular flexibility index (Phi) is 7.23. The van der Waals surface area contributed by atoms with Crippen molar-refractivity contribution in [1.29, 1.82) is 0 Å². The summed E-state index contributed by atoms with van der Waals surface area (Å²) in [6, 6.07) is 10.6. The van der Waals surface area contributed by atoms with Gasteiger partial charge in [0.2, 0.25) is 0 Å². The second-order valence-electron chi connectivity index (χ2n) is 6.22. The minimum atomic E-state index is -0.353. The summed E-state index contributed by atoms with van der Waals surface area (Å²) < 4.78 is 10.7. The molecule has 2 aromatic carbocycles. The normalized spacial score (nSPS) is 10.2. The molecular weight excluding hydrogens is 344 g/mol. The molecule has 2 amide bonds. The van der Waals surface area contributed by atoms with Gasteiger partial charge in [-0.15, -0.1) is 0 Å². The SMILES string of the molecule is CCOC(=O)c1ccc(CNC(=O)NCOc2c(C)ccc(C)c2C)cc1. The Morgan fingerprint density at radius 1 is 0.926 bits per heavy atom. The molecule has 0 heterocycles. The van der Waals surface area contributed by atoms with E-state index in [-0.39, 0.29) is 18.7 Å². The van der Waals surface area contributed by atoms with E-state index in [0.29, 0.717) is 18.7 Å². The molecule has 144 valence electrons. The van der Waals surface area contributed by atoms with Gasteiger partial charge in [0.05, 0.1) is 12.2 Å². The lowest BCUT2D eigenvalue weighted by Gasteiger charge is -2.14. The summed E-state index contributed by atoms with van der Waals surface area (Å²) in [5, 5.41) is 5.43. The number of rotatable bonds is 7. The largest absolute Gasteiger partial charge is 0.473 e. The van der Waals surface area contributed by atoms with E-state index >= 15 is 0 Å². The van der Waals surface area contributed by atoms with Gasteiger partial charge in [-0.1, -0.05) is 24.3 Å². The number of carbonyl (C=O) groups excluding carboxylic acids is 2. The summed E-state index contributed by atoms with van der Waals surface area (Å²) in [5.41, 5.74) is 4.61. The molecular formula is C21H26N2O4. The highest BCUT2D eigenvalue weighted by atomic mass is 16.5. The molecule has 2 rings (SSSR count). The standard InChI is InChI=1S/C21H26N2O4/c1-5-26-20(24)18-10-8-17(9-11-18)12-22-21(25)23-13-27-19-15(3)7-6-14(2)16(19)4/h6-11H,5,12-13H2,1-4H3,(H2,22,23,25). The van der Waals surface area contributed by atoms with Crippen LogP contribution in [0.5, 0.6) is 5.75 Å². The number of ether oxygens (including phenoxy) is 2. The summed E-state index contributed by atoms with van der Waals surface area (Å²) >= 11 is 0. The van der Waals surface area contributed by atoms with Gasteiger partial charge in [0, 0.05) is 6.54 Å². The molecule has 0 aromatic heterocycles. The molecule has 0 unspecified atom stereocenters. The third kappa shape index (κ3) is 5.74. The fourth-order valence-corrected chi connectivity index (χ4v) is 2.54. The number of carbonyl (C=O) groups is 2. The van der Waals surface area contributed by atoms with Gasteiger partial charge in [0.15, 0.2) is 6.73 Å². The number of hydrogen-bond acceptors (Lipinski definition) is 4. The van der Waals surface area contributed by atoms with Gasteiger partial charge < -0.3 is 20.1 Å². The molecule has 0 aliphatic heterocycles. The molecule has 2 aromatic rings. The van der Waals surface area contributed by atoms with Crippen molar-refractivity contribution in [2.24, 2.45) is 0 Å². The third-order valence-corrected chi connectivity index (χ3v) is 4.24. The number of nitrogens with one attached hydrogen (secondary N) is 2. The molecule has 0 spiro atoms. The van der Waals surface area contributed by atoms with Crippen LogP contribution in [-0.4, -0.2) is 25.3 Å². The number of hydrogen-bond donors (Lipinski definition) is 2. The third-order valence-electron chi connectivity index (χ3n) is 4.24. The lowest BCUT2D eigenvalue weighted by atomic mass is 10.1. The first kappa shape index (κ1) is 20.3. The fourth-order valence-electron chi connectivity index (χ4n) is 2.54. The predicted molar refractivity (Wildman–Crippen MR) is 104 cm³/mol. The fraction of sp³-hybridized carbons (Fsp3) is 0.333. The van der Waals surface area contributed by atoms with Gasteiger partial charge >= 0.3 is 12.0 Å². The summed E-state index contributed by atoms with van der Waals surface area (Å²) in [4.78, 5) is 23.5. The van der Waals surface area contributed by atoms with E-state index in [9.17, 15) is 9.59 Å². The van der Waals surface area contributed by atoms with Crippen LogP contribution in [-0.2, 0) is 11.3 Å². The summed E-state index contributed by atoms with van der Waals surface area (Å²) in [6.45, 7) is 8.52. The Morgan fingerprint density at radius 2 is 1.59 bits per heavy atom. The molecule has 0 saturated carbocycles. The van der Waals surface area contributed by atoms with Gasteiger partial charge in [-0.2, -0.15) is 0 Å². The maximum absolute atomic E-state index is 11.9. The van der Waals surface area contributed by atoms with Crippen LogP contribution in [0, 0.1) is 20.8 Å². The average molecular weight is 370 g/mol. The van der Waals surface area contributed by atoms with E-state index in [1.54, 1.807) is 31.2 Å². The predicted octanol–water partition coefficient (Wildman–Crippen LogP) is 3.62. The quantitative estimate of drug-likeness (QED) is 0.576. The van der Waals surface area contributed by atoms with Gasteiger partial charge in [-0.25, -0.2) is 9.59 Å². The van der Waals surface area contributed by atoms with Gasteiger partial charge in [-0.3, -0.25) is 0 Å². The van der Waals surface area contributed by atoms with E-state index in [4.69, 9.17) is 9.47 Å². The van der Waals surface area contributed by atoms with Crippen LogP contribution < -0.4 is 15.4 Å². The average Bonchev–Trinajstić information content (AvgIpc) is 2.66. The first-order valence-electron chi connectivity index (χ1n) is 8.89. The maximum Gasteiger partial charge on any atom is 0.338 e. The lowest BCUT2D eigenvalue weighted by molar-refractivity contribution is 0.0526. The molecule has 0 aliphatic carbocycles. The molecule has 6 nitrogen and oxygen atoms in total. The highest BCUT2D eigenvalue weighted by Crippen LogP contribution is 2.25. The van der Waals surface area contributed by atoms with Crippen LogP contribution in [0.15, 0.2) is 36.4 Å². The first-order chi connectivity index (χ1) is 12.9. The summed E-state index contributed by atoms with van der Waals surface area (Å²) in [5.74, 6) is 0.443. The van der Waals surface area contributed by atoms with Crippen molar-refractivity contribution in [1.82, 2.24) is 10.6 Å². The monoisotopic (exact) mass is 370 g/mol. The minimum Gasteiger partial charge on any atom is -0.473 e. The number of amides is 2. The summed E-state index contributed by atoms with van der Waals surface area (Å²) in [7, 11) is 0. The van der Waals surface area contributed by atoms with Gasteiger partial charge in [-0.05, 0) is 62.1 Å². The van der Waals surface area contributed by atoms with Crippen molar-refractivity contribution in [3.63, 3.8) is 0 Å². The molecule has 0 aliphatic rings. The van der Waals surface area contributed by atoms with E-state index in [1.807, 2.05) is 32.9 Å². The smallest absolute Gasteiger partial charge is 0.338 e. The zero-order valence-corrected chi connectivity index (χ0v) is 16.2.